The lowest BCUT2D eigenvalue weighted by Crippen LogP contribution is -2.35. The van der Waals surface area contributed by atoms with E-state index >= 15 is 0 Å². The van der Waals surface area contributed by atoms with Gasteiger partial charge in [0, 0.05) is 31.0 Å². The van der Waals surface area contributed by atoms with Crippen LogP contribution in [0.1, 0.15) is 31.7 Å². The van der Waals surface area contributed by atoms with Crippen LogP contribution in [-0.4, -0.2) is 31.9 Å². The zero-order chi connectivity index (χ0) is 17.4. The maximum absolute atomic E-state index is 11.9. The van der Waals surface area contributed by atoms with Gasteiger partial charge in [-0.2, -0.15) is 5.26 Å². The number of nitriles is 1. The number of hydrogen-bond acceptors (Lipinski definition) is 4. The van der Waals surface area contributed by atoms with E-state index in [-0.39, 0.29) is 18.5 Å². The van der Waals surface area contributed by atoms with E-state index in [1.165, 1.54) is 0 Å². The molecule has 24 heavy (non-hydrogen) atoms. The highest BCUT2D eigenvalue weighted by Gasteiger charge is 2.15. The van der Waals surface area contributed by atoms with E-state index in [1.807, 2.05) is 31.2 Å². The summed E-state index contributed by atoms with van der Waals surface area (Å²) in [4.78, 5) is 11.9. The van der Waals surface area contributed by atoms with Crippen LogP contribution in [0.4, 0.5) is 10.5 Å². The first kappa shape index (κ1) is 18.1. The van der Waals surface area contributed by atoms with Crippen molar-refractivity contribution in [2.75, 3.05) is 25.1 Å². The lowest BCUT2D eigenvalue weighted by atomic mass is 10.0. The highest BCUT2D eigenvalue weighted by molar-refractivity contribution is 5.89. The molecule has 1 unspecified atom stereocenters. The molecule has 1 aliphatic heterocycles. The number of aryl methyl sites for hydroxylation is 1. The largest absolute Gasteiger partial charge is 0.493 e. The predicted molar refractivity (Wildman–Crippen MR) is 92.1 cm³/mol. The molecular weight excluding hydrogens is 306 g/mol. The number of hydrogen-bond donors (Lipinski definition) is 2. The summed E-state index contributed by atoms with van der Waals surface area (Å²) in [6.45, 7) is 6.04. The molecule has 1 aromatic carbocycles. The van der Waals surface area contributed by atoms with Crippen LogP contribution in [0.5, 0.6) is 5.75 Å². The molecule has 0 saturated carbocycles. The fraction of sp³-hybridized carbons (Fsp3) is 0.556. The molecular formula is C18H25N3O3. The Morgan fingerprint density at radius 2 is 2.21 bits per heavy atom. The van der Waals surface area contributed by atoms with Crippen LogP contribution in [-0.2, 0) is 4.74 Å². The molecule has 6 nitrogen and oxygen atoms in total. The van der Waals surface area contributed by atoms with Gasteiger partial charge in [-0.25, -0.2) is 4.79 Å². The highest BCUT2D eigenvalue weighted by Crippen LogP contribution is 2.24. The number of urea groups is 1. The van der Waals surface area contributed by atoms with Gasteiger partial charge in [-0.3, -0.25) is 0 Å². The molecule has 0 aromatic heterocycles. The minimum absolute atomic E-state index is 0.190. The first-order valence-corrected chi connectivity index (χ1v) is 8.34. The van der Waals surface area contributed by atoms with Crippen molar-refractivity contribution < 1.29 is 14.3 Å². The van der Waals surface area contributed by atoms with Gasteiger partial charge in [-0.15, -0.1) is 0 Å². The third-order valence-electron chi connectivity index (χ3n) is 4.04. The van der Waals surface area contributed by atoms with Gasteiger partial charge in [-0.1, -0.05) is 6.07 Å². The second-order valence-corrected chi connectivity index (χ2v) is 6.21. The molecule has 1 atom stereocenters. The van der Waals surface area contributed by atoms with Gasteiger partial charge in [0.05, 0.1) is 19.1 Å². The van der Waals surface area contributed by atoms with Crippen LogP contribution in [0.2, 0.25) is 0 Å². The summed E-state index contributed by atoms with van der Waals surface area (Å²) in [5.74, 6) is 1.30. The number of ether oxygens (including phenoxy) is 2. The Kier molecular flexibility index (Phi) is 6.89. The molecule has 1 aliphatic rings. The van der Waals surface area contributed by atoms with Crippen LogP contribution >= 0.6 is 0 Å². The van der Waals surface area contributed by atoms with Crippen LogP contribution in [0.15, 0.2) is 18.2 Å². The number of carbonyl (C=O) groups excluding carboxylic acids is 1. The summed E-state index contributed by atoms with van der Waals surface area (Å²) in [6.07, 6.45) is 2.33. The van der Waals surface area contributed by atoms with E-state index in [9.17, 15) is 4.79 Å². The standard InChI is InChI=1S/C18H25N3O3/c1-13-3-4-16(21-18(22)20-14(2)5-8-19)11-17(13)24-12-15-6-9-23-10-7-15/h3-4,11,14-15H,5-7,9-10,12H2,1-2H3,(H2,20,21,22). The van der Waals surface area contributed by atoms with Crippen molar-refractivity contribution in [3.05, 3.63) is 23.8 Å². The SMILES string of the molecule is Cc1ccc(NC(=O)NC(C)CC#N)cc1OCC1CCOCC1. The smallest absolute Gasteiger partial charge is 0.319 e. The summed E-state index contributed by atoms with van der Waals surface area (Å²) in [7, 11) is 0. The molecule has 130 valence electrons. The minimum Gasteiger partial charge on any atom is -0.493 e. The molecule has 0 spiro atoms. The molecule has 0 aliphatic carbocycles. The average Bonchev–Trinajstić information content (AvgIpc) is 2.56. The molecule has 2 rings (SSSR count). The van der Waals surface area contributed by atoms with Crippen LogP contribution < -0.4 is 15.4 Å². The second-order valence-electron chi connectivity index (χ2n) is 6.21. The van der Waals surface area contributed by atoms with E-state index in [0.717, 1.165) is 37.4 Å². The van der Waals surface area contributed by atoms with E-state index in [2.05, 4.69) is 10.6 Å². The zero-order valence-corrected chi connectivity index (χ0v) is 14.3. The first-order valence-electron chi connectivity index (χ1n) is 8.34. The third kappa shape index (κ3) is 5.74. The number of nitrogens with zero attached hydrogens (tertiary/aromatic N) is 1. The van der Waals surface area contributed by atoms with Gasteiger partial charge in [0.2, 0.25) is 0 Å². The molecule has 2 amide bonds. The minimum atomic E-state index is -0.322. The van der Waals surface area contributed by atoms with Crippen molar-refractivity contribution >= 4 is 11.7 Å². The highest BCUT2D eigenvalue weighted by atomic mass is 16.5. The molecule has 1 saturated heterocycles. The number of benzene rings is 1. The molecule has 1 heterocycles. The predicted octanol–water partition coefficient (Wildman–Crippen LogP) is 3.22. The lowest BCUT2D eigenvalue weighted by Gasteiger charge is -2.22. The van der Waals surface area contributed by atoms with E-state index in [1.54, 1.807) is 6.92 Å². The van der Waals surface area contributed by atoms with Gasteiger partial charge in [-0.05, 0) is 44.2 Å². The monoisotopic (exact) mass is 331 g/mol. The Bertz CT molecular complexity index is 592. The fourth-order valence-corrected chi connectivity index (χ4v) is 2.53. The number of nitrogens with one attached hydrogen (secondary N) is 2. The average molecular weight is 331 g/mol. The molecule has 2 N–H and O–H groups in total. The van der Waals surface area contributed by atoms with Crippen molar-refractivity contribution in [3.8, 4) is 11.8 Å². The lowest BCUT2D eigenvalue weighted by molar-refractivity contribution is 0.0496. The van der Waals surface area contributed by atoms with Crippen molar-refractivity contribution in [1.82, 2.24) is 5.32 Å². The van der Waals surface area contributed by atoms with Gasteiger partial charge in [0.1, 0.15) is 5.75 Å². The van der Waals surface area contributed by atoms with Gasteiger partial charge in [0.15, 0.2) is 0 Å². The molecule has 6 heteroatoms. The third-order valence-corrected chi connectivity index (χ3v) is 4.04. The summed E-state index contributed by atoms with van der Waals surface area (Å²) in [5.41, 5.74) is 1.70. The van der Waals surface area contributed by atoms with Gasteiger partial charge < -0.3 is 20.1 Å². The van der Waals surface area contributed by atoms with Crippen molar-refractivity contribution in [1.29, 1.82) is 5.26 Å². The topological polar surface area (TPSA) is 83.4 Å². The van der Waals surface area contributed by atoms with Crippen molar-refractivity contribution in [2.45, 2.75) is 39.2 Å². The summed E-state index contributed by atoms with van der Waals surface area (Å²) in [6, 6.07) is 7.12. The van der Waals surface area contributed by atoms with Crippen LogP contribution in [0.25, 0.3) is 0 Å². The van der Waals surface area contributed by atoms with Crippen molar-refractivity contribution in [3.63, 3.8) is 0 Å². The number of carbonyl (C=O) groups is 1. The zero-order valence-electron chi connectivity index (χ0n) is 14.3. The second kappa shape index (κ2) is 9.14. The van der Waals surface area contributed by atoms with Gasteiger partial charge >= 0.3 is 6.03 Å². The maximum Gasteiger partial charge on any atom is 0.319 e. The summed E-state index contributed by atoms with van der Waals surface area (Å²) < 4.78 is 11.3. The van der Waals surface area contributed by atoms with E-state index < -0.39 is 0 Å². The van der Waals surface area contributed by atoms with E-state index in [4.69, 9.17) is 14.7 Å². The molecule has 1 aromatic rings. The van der Waals surface area contributed by atoms with Gasteiger partial charge in [0.25, 0.3) is 0 Å². The summed E-state index contributed by atoms with van der Waals surface area (Å²) >= 11 is 0. The Balaban J connectivity index is 1.90. The summed E-state index contributed by atoms with van der Waals surface area (Å²) in [5, 5.41) is 14.1. The maximum atomic E-state index is 11.9. The normalized spacial score (nSPS) is 16.0. The van der Waals surface area contributed by atoms with Crippen LogP contribution in [0.3, 0.4) is 0 Å². The Morgan fingerprint density at radius 3 is 2.92 bits per heavy atom. The Labute approximate surface area is 143 Å². The number of amides is 2. The first-order chi connectivity index (χ1) is 11.6. The molecule has 0 radical (unpaired) electrons. The Morgan fingerprint density at radius 1 is 1.46 bits per heavy atom. The fourth-order valence-electron chi connectivity index (χ4n) is 2.53. The number of anilines is 1. The number of rotatable bonds is 6. The Hall–Kier alpha value is -2.26. The van der Waals surface area contributed by atoms with Crippen molar-refractivity contribution in [2.24, 2.45) is 5.92 Å². The quantitative estimate of drug-likeness (QED) is 0.838. The molecule has 1 fully saturated rings. The van der Waals surface area contributed by atoms with Crippen LogP contribution in [0, 0.1) is 24.2 Å². The molecule has 0 bridgehead atoms. The van der Waals surface area contributed by atoms with E-state index in [0.29, 0.717) is 18.2 Å².